The quantitative estimate of drug-likeness (QED) is 0.650. The maximum Gasteiger partial charge on any atom is 0.330 e. The van der Waals surface area contributed by atoms with Gasteiger partial charge in [0.05, 0.1) is 7.11 Å². The summed E-state index contributed by atoms with van der Waals surface area (Å²) in [5.41, 5.74) is 5.92. The summed E-state index contributed by atoms with van der Waals surface area (Å²) in [6.45, 7) is 0. The second-order valence-corrected chi connectivity index (χ2v) is 6.26. The van der Waals surface area contributed by atoms with Crippen LogP contribution in [0.3, 0.4) is 0 Å². The summed E-state index contributed by atoms with van der Waals surface area (Å²) >= 11 is 2.86. The van der Waals surface area contributed by atoms with Gasteiger partial charge in [-0.3, -0.25) is 0 Å². The van der Waals surface area contributed by atoms with E-state index in [1.807, 2.05) is 30.3 Å². The first-order valence-corrected chi connectivity index (χ1v) is 7.75. The minimum absolute atomic E-state index is 0.429. The number of hydrogen-bond acceptors (Lipinski definition) is 7. The zero-order valence-electron chi connectivity index (χ0n) is 11.0. The van der Waals surface area contributed by atoms with Crippen molar-refractivity contribution in [2.45, 2.75) is 16.3 Å². The van der Waals surface area contributed by atoms with Crippen LogP contribution in [0.15, 0.2) is 41.0 Å². The third-order valence-electron chi connectivity index (χ3n) is 2.90. The van der Waals surface area contributed by atoms with Crippen molar-refractivity contribution >= 4 is 29.3 Å². The number of esters is 1. The van der Waals surface area contributed by atoms with Crippen LogP contribution in [0.25, 0.3) is 0 Å². The number of nitrogens with zero attached hydrogens (tertiary/aromatic N) is 2. The molecule has 0 amide bonds. The molecule has 0 saturated heterocycles. The standard InChI is InChI=1S/C13H15N3O2S2/c1-18-11(17)13(14,10-5-3-2-4-6-10)7-8-19-12-15-9-16-20-12/h2-6,9H,7-8,14H2,1H3. The molecule has 1 unspecified atom stereocenters. The van der Waals surface area contributed by atoms with Gasteiger partial charge in [-0.05, 0) is 23.5 Å². The fourth-order valence-electron chi connectivity index (χ4n) is 1.81. The topological polar surface area (TPSA) is 78.1 Å². The number of carbonyl (C=O) groups is 1. The molecular weight excluding hydrogens is 294 g/mol. The number of ether oxygens (including phenoxy) is 1. The van der Waals surface area contributed by atoms with Crippen LogP contribution < -0.4 is 5.73 Å². The Morgan fingerprint density at radius 1 is 1.45 bits per heavy atom. The molecule has 2 rings (SSSR count). The highest BCUT2D eigenvalue weighted by Crippen LogP contribution is 2.28. The van der Waals surface area contributed by atoms with E-state index in [1.54, 1.807) is 0 Å². The van der Waals surface area contributed by atoms with E-state index in [4.69, 9.17) is 10.5 Å². The van der Waals surface area contributed by atoms with Gasteiger partial charge < -0.3 is 10.5 Å². The Bertz CT molecular complexity index is 548. The maximum absolute atomic E-state index is 12.0. The number of aromatic nitrogens is 2. The summed E-state index contributed by atoms with van der Waals surface area (Å²) in [4.78, 5) is 16.1. The minimum Gasteiger partial charge on any atom is -0.467 e. The van der Waals surface area contributed by atoms with Crippen LogP contribution in [0.5, 0.6) is 0 Å². The monoisotopic (exact) mass is 309 g/mol. The average Bonchev–Trinajstić information content (AvgIpc) is 3.00. The number of rotatable bonds is 6. The van der Waals surface area contributed by atoms with Crippen molar-refractivity contribution in [3.05, 3.63) is 42.2 Å². The van der Waals surface area contributed by atoms with Gasteiger partial charge in [-0.25, -0.2) is 9.78 Å². The minimum atomic E-state index is -1.13. The highest BCUT2D eigenvalue weighted by molar-refractivity contribution is 8.00. The number of hydrogen-bond donors (Lipinski definition) is 1. The largest absolute Gasteiger partial charge is 0.467 e. The highest BCUT2D eigenvalue weighted by Gasteiger charge is 2.36. The lowest BCUT2D eigenvalue weighted by molar-refractivity contribution is -0.147. The van der Waals surface area contributed by atoms with E-state index in [0.29, 0.717) is 12.2 Å². The zero-order chi connectivity index (χ0) is 14.4. The Balaban J connectivity index is 2.09. The Morgan fingerprint density at radius 3 is 2.80 bits per heavy atom. The molecule has 1 aromatic carbocycles. The SMILES string of the molecule is COC(=O)C(N)(CCSc1ncns1)c1ccccc1. The maximum atomic E-state index is 12.0. The Hall–Kier alpha value is -1.44. The van der Waals surface area contributed by atoms with Crippen LogP contribution in [-0.4, -0.2) is 28.2 Å². The lowest BCUT2D eigenvalue weighted by Gasteiger charge is -2.26. The van der Waals surface area contributed by atoms with E-state index in [0.717, 1.165) is 9.90 Å². The van der Waals surface area contributed by atoms with E-state index in [9.17, 15) is 4.79 Å². The van der Waals surface area contributed by atoms with Gasteiger partial charge in [-0.2, -0.15) is 4.37 Å². The average molecular weight is 309 g/mol. The lowest BCUT2D eigenvalue weighted by atomic mass is 9.88. The van der Waals surface area contributed by atoms with Crippen molar-refractivity contribution in [3.63, 3.8) is 0 Å². The molecule has 20 heavy (non-hydrogen) atoms. The second-order valence-electron chi connectivity index (χ2n) is 4.13. The molecule has 2 N–H and O–H groups in total. The predicted octanol–water partition coefficient (Wildman–Crippen LogP) is 2.05. The van der Waals surface area contributed by atoms with Crippen LogP contribution in [0, 0.1) is 0 Å². The summed E-state index contributed by atoms with van der Waals surface area (Å²) in [6.07, 6.45) is 1.98. The molecular formula is C13H15N3O2S2. The van der Waals surface area contributed by atoms with Gasteiger partial charge in [0.25, 0.3) is 0 Å². The molecule has 0 aliphatic carbocycles. The van der Waals surface area contributed by atoms with E-state index in [2.05, 4.69) is 9.36 Å². The predicted molar refractivity (Wildman–Crippen MR) is 79.6 cm³/mol. The first kappa shape index (κ1) is 15.0. The molecule has 0 bridgehead atoms. The molecule has 0 spiro atoms. The molecule has 0 aliphatic rings. The second kappa shape index (κ2) is 6.83. The molecule has 1 atom stereocenters. The molecule has 0 aliphatic heterocycles. The number of methoxy groups -OCH3 is 1. The summed E-state index contributed by atoms with van der Waals surface area (Å²) in [7, 11) is 1.35. The Labute approximate surface area is 125 Å². The van der Waals surface area contributed by atoms with Crippen LogP contribution in [0.4, 0.5) is 0 Å². The van der Waals surface area contributed by atoms with Crippen LogP contribution in [-0.2, 0) is 15.1 Å². The summed E-state index contributed by atoms with van der Waals surface area (Å²) in [5, 5.41) is 0. The Morgan fingerprint density at radius 2 is 2.20 bits per heavy atom. The van der Waals surface area contributed by atoms with Gasteiger partial charge in [0.2, 0.25) is 0 Å². The van der Waals surface area contributed by atoms with Gasteiger partial charge in [-0.1, -0.05) is 42.1 Å². The fourth-order valence-corrected chi connectivity index (χ4v) is 3.40. The molecule has 2 aromatic rings. The molecule has 1 heterocycles. The van der Waals surface area contributed by atoms with Crippen molar-refractivity contribution in [1.82, 2.24) is 9.36 Å². The molecule has 1 aromatic heterocycles. The van der Waals surface area contributed by atoms with Crippen LogP contribution in [0.2, 0.25) is 0 Å². The third-order valence-corrected chi connectivity index (χ3v) is 4.70. The number of thioether (sulfide) groups is 1. The van der Waals surface area contributed by atoms with Crippen molar-refractivity contribution in [2.75, 3.05) is 12.9 Å². The first-order valence-electron chi connectivity index (χ1n) is 5.99. The lowest BCUT2D eigenvalue weighted by Crippen LogP contribution is -2.46. The van der Waals surface area contributed by atoms with Crippen molar-refractivity contribution in [1.29, 1.82) is 0 Å². The smallest absolute Gasteiger partial charge is 0.330 e. The molecule has 0 fully saturated rings. The van der Waals surface area contributed by atoms with Crippen molar-refractivity contribution < 1.29 is 9.53 Å². The summed E-state index contributed by atoms with van der Waals surface area (Å²) in [6, 6.07) is 9.28. The van der Waals surface area contributed by atoms with Gasteiger partial charge in [-0.15, -0.1) is 0 Å². The van der Waals surface area contributed by atoms with Crippen LogP contribution in [0.1, 0.15) is 12.0 Å². The van der Waals surface area contributed by atoms with Gasteiger partial charge >= 0.3 is 5.97 Å². The highest BCUT2D eigenvalue weighted by atomic mass is 32.2. The third kappa shape index (κ3) is 3.36. The Kier molecular flexibility index (Phi) is 5.11. The fraction of sp³-hybridized carbons (Fsp3) is 0.308. The molecule has 5 nitrogen and oxygen atoms in total. The zero-order valence-corrected chi connectivity index (χ0v) is 12.6. The van der Waals surface area contributed by atoms with E-state index in [1.165, 1.54) is 36.7 Å². The summed E-state index contributed by atoms with van der Waals surface area (Å²) in [5.74, 6) is 0.233. The molecule has 0 radical (unpaired) electrons. The summed E-state index contributed by atoms with van der Waals surface area (Å²) < 4.78 is 9.66. The molecule has 0 saturated carbocycles. The number of carbonyl (C=O) groups excluding carboxylic acids is 1. The van der Waals surface area contributed by atoms with E-state index < -0.39 is 11.5 Å². The van der Waals surface area contributed by atoms with Gasteiger partial charge in [0, 0.05) is 5.75 Å². The van der Waals surface area contributed by atoms with Gasteiger partial charge in [0.15, 0.2) is 4.34 Å². The molecule has 106 valence electrons. The van der Waals surface area contributed by atoms with Crippen molar-refractivity contribution in [3.8, 4) is 0 Å². The van der Waals surface area contributed by atoms with E-state index in [-0.39, 0.29) is 0 Å². The van der Waals surface area contributed by atoms with Crippen LogP contribution >= 0.6 is 23.3 Å². The first-order chi connectivity index (χ1) is 9.66. The number of nitrogens with two attached hydrogens (primary N) is 1. The molecule has 7 heteroatoms. The van der Waals surface area contributed by atoms with Gasteiger partial charge in [0.1, 0.15) is 11.9 Å². The normalized spacial score (nSPS) is 13.7. The number of benzene rings is 1. The van der Waals surface area contributed by atoms with Crippen molar-refractivity contribution in [2.24, 2.45) is 5.73 Å². The van der Waals surface area contributed by atoms with E-state index >= 15 is 0 Å².